The normalized spacial score (nSPS) is 26.4. The summed E-state index contributed by atoms with van der Waals surface area (Å²) in [4.78, 5) is 19.1. The van der Waals surface area contributed by atoms with Crippen molar-refractivity contribution in [1.82, 2.24) is 14.7 Å². The zero-order valence-corrected chi connectivity index (χ0v) is 16.3. The van der Waals surface area contributed by atoms with E-state index in [-0.39, 0.29) is 18.2 Å². The molecule has 6 heteroatoms. The number of carbonyl (C=O) groups excluding carboxylic acids is 1. The van der Waals surface area contributed by atoms with E-state index in [0.717, 1.165) is 71.9 Å². The molecule has 3 saturated heterocycles. The fourth-order valence-electron chi connectivity index (χ4n) is 4.39. The molecule has 6 nitrogen and oxygen atoms in total. The monoisotopic (exact) mass is 373 g/mol. The van der Waals surface area contributed by atoms with Crippen LogP contribution in [-0.4, -0.2) is 85.4 Å². The first-order chi connectivity index (χ1) is 13.2. The molecule has 3 aliphatic heterocycles. The number of rotatable bonds is 7. The van der Waals surface area contributed by atoms with Crippen molar-refractivity contribution in [2.24, 2.45) is 0 Å². The van der Waals surface area contributed by atoms with Gasteiger partial charge in [0.05, 0.1) is 19.3 Å². The summed E-state index contributed by atoms with van der Waals surface area (Å²) in [6.45, 7) is 10.3. The fraction of sp³-hybridized carbons (Fsp3) is 0.667. The number of ether oxygens (including phenoxy) is 2. The summed E-state index contributed by atoms with van der Waals surface area (Å²) in [6.07, 6.45) is 1.97. The Labute approximate surface area is 162 Å². The molecule has 1 aromatic carbocycles. The number of morpholine rings is 1. The summed E-state index contributed by atoms with van der Waals surface area (Å²) in [5, 5.41) is 0. The standard InChI is InChI=1S/C21H31N3O3/c1-2-17-4-6-18(7-5-17)14-23-15-19-20(16-23)27-21(25)24(19)9-3-8-22-10-12-26-13-11-22/h4-7,19-20H,2-3,8-16H2,1H3/t19-,20+/m1/s1. The quantitative estimate of drug-likeness (QED) is 0.731. The van der Waals surface area contributed by atoms with Crippen LogP contribution in [0.3, 0.4) is 0 Å². The van der Waals surface area contributed by atoms with Crippen LogP contribution in [0.4, 0.5) is 4.79 Å². The van der Waals surface area contributed by atoms with Crippen LogP contribution in [0.15, 0.2) is 24.3 Å². The topological polar surface area (TPSA) is 45.2 Å². The number of benzene rings is 1. The molecule has 4 rings (SSSR count). The SMILES string of the molecule is CCc1ccc(CN2C[C@@H]3OC(=O)N(CCCN4CCOCC4)[C@@H]3C2)cc1. The van der Waals surface area contributed by atoms with Crippen LogP contribution >= 0.6 is 0 Å². The van der Waals surface area contributed by atoms with E-state index < -0.39 is 0 Å². The first-order valence-corrected chi connectivity index (χ1v) is 10.3. The summed E-state index contributed by atoms with van der Waals surface area (Å²) in [5.41, 5.74) is 2.70. The second-order valence-electron chi connectivity index (χ2n) is 7.85. The Morgan fingerprint density at radius 3 is 2.48 bits per heavy atom. The van der Waals surface area contributed by atoms with Crippen LogP contribution in [-0.2, 0) is 22.4 Å². The van der Waals surface area contributed by atoms with Crippen molar-refractivity contribution in [2.75, 3.05) is 52.5 Å². The van der Waals surface area contributed by atoms with E-state index in [0.29, 0.717) is 0 Å². The van der Waals surface area contributed by atoms with Gasteiger partial charge >= 0.3 is 6.09 Å². The zero-order chi connectivity index (χ0) is 18.6. The van der Waals surface area contributed by atoms with E-state index >= 15 is 0 Å². The highest BCUT2D eigenvalue weighted by Crippen LogP contribution is 2.28. The number of hydrogen-bond acceptors (Lipinski definition) is 5. The molecule has 0 aliphatic carbocycles. The Morgan fingerprint density at radius 1 is 1.00 bits per heavy atom. The minimum Gasteiger partial charge on any atom is -0.442 e. The molecular weight excluding hydrogens is 342 g/mol. The van der Waals surface area contributed by atoms with E-state index in [4.69, 9.17) is 9.47 Å². The summed E-state index contributed by atoms with van der Waals surface area (Å²) in [7, 11) is 0. The van der Waals surface area contributed by atoms with E-state index in [1.165, 1.54) is 11.1 Å². The van der Waals surface area contributed by atoms with Gasteiger partial charge in [0.2, 0.25) is 0 Å². The molecule has 148 valence electrons. The van der Waals surface area contributed by atoms with E-state index in [9.17, 15) is 4.79 Å². The molecule has 0 bridgehead atoms. The summed E-state index contributed by atoms with van der Waals surface area (Å²) in [6, 6.07) is 9.07. The molecule has 0 saturated carbocycles. The molecule has 0 spiro atoms. The second-order valence-corrected chi connectivity index (χ2v) is 7.85. The molecule has 0 radical (unpaired) electrons. The van der Waals surface area contributed by atoms with Gasteiger partial charge < -0.3 is 14.4 Å². The highest BCUT2D eigenvalue weighted by Gasteiger charge is 2.47. The minimum absolute atomic E-state index is 0.0239. The number of aryl methyl sites for hydroxylation is 1. The molecule has 3 heterocycles. The first-order valence-electron chi connectivity index (χ1n) is 10.3. The lowest BCUT2D eigenvalue weighted by molar-refractivity contribution is 0.0362. The van der Waals surface area contributed by atoms with Gasteiger partial charge in [0, 0.05) is 45.8 Å². The number of hydrogen-bond donors (Lipinski definition) is 0. The molecular formula is C21H31N3O3. The predicted molar refractivity (Wildman–Crippen MR) is 104 cm³/mol. The van der Waals surface area contributed by atoms with Crippen LogP contribution in [0.5, 0.6) is 0 Å². The Hall–Kier alpha value is -1.63. The van der Waals surface area contributed by atoms with Gasteiger partial charge in [0.15, 0.2) is 0 Å². The molecule has 0 aromatic heterocycles. The van der Waals surface area contributed by atoms with Gasteiger partial charge in [-0.05, 0) is 24.0 Å². The fourth-order valence-corrected chi connectivity index (χ4v) is 4.39. The van der Waals surface area contributed by atoms with Crippen LogP contribution in [0.1, 0.15) is 24.5 Å². The Balaban J connectivity index is 1.27. The van der Waals surface area contributed by atoms with Gasteiger partial charge in [0.1, 0.15) is 6.10 Å². The highest BCUT2D eigenvalue weighted by atomic mass is 16.6. The molecule has 0 N–H and O–H groups in total. The summed E-state index contributed by atoms with van der Waals surface area (Å²) >= 11 is 0. The van der Waals surface area contributed by atoms with Gasteiger partial charge in [-0.2, -0.15) is 0 Å². The average Bonchev–Trinajstić information content (AvgIpc) is 3.20. The maximum absolute atomic E-state index is 12.3. The third-order valence-corrected chi connectivity index (χ3v) is 6.01. The molecule has 2 atom stereocenters. The third-order valence-electron chi connectivity index (χ3n) is 6.01. The van der Waals surface area contributed by atoms with Gasteiger partial charge in [-0.3, -0.25) is 9.80 Å². The van der Waals surface area contributed by atoms with Crippen LogP contribution in [0, 0.1) is 0 Å². The lowest BCUT2D eigenvalue weighted by Crippen LogP contribution is -2.41. The van der Waals surface area contributed by atoms with Crippen molar-refractivity contribution in [3.63, 3.8) is 0 Å². The van der Waals surface area contributed by atoms with E-state index in [1.807, 2.05) is 4.90 Å². The summed E-state index contributed by atoms with van der Waals surface area (Å²) in [5.74, 6) is 0. The van der Waals surface area contributed by atoms with Gasteiger partial charge in [0.25, 0.3) is 0 Å². The molecule has 1 amide bonds. The van der Waals surface area contributed by atoms with Crippen molar-refractivity contribution in [1.29, 1.82) is 0 Å². The highest BCUT2D eigenvalue weighted by molar-refractivity contribution is 5.71. The minimum atomic E-state index is -0.126. The number of fused-ring (bicyclic) bond motifs is 1. The number of likely N-dealkylation sites (tertiary alicyclic amines) is 1. The predicted octanol–water partition coefficient (Wildman–Crippen LogP) is 1.98. The van der Waals surface area contributed by atoms with Gasteiger partial charge in [-0.1, -0.05) is 31.2 Å². The third kappa shape index (κ3) is 4.45. The number of amides is 1. The molecule has 27 heavy (non-hydrogen) atoms. The maximum Gasteiger partial charge on any atom is 0.410 e. The second kappa shape index (κ2) is 8.59. The zero-order valence-electron chi connectivity index (χ0n) is 16.3. The largest absolute Gasteiger partial charge is 0.442 e. The van der Waals surface area contributed by atoms with Crippen LogP contribution < -0.4 is 0 Å². The van der Waals surface area contributed by atoms with Crippen LogP contribution in [0.25, 0.3) is 0 Å². The molecule has 1 aromatic rings. The smallest absolute Gasteiger partial charge is 0.410 e. The number of nitrogens with zero attached hydrogens (tertiary/aromatic N) is 3. The lowest BCUT2D eigenvalue weighted by atomic mass is 10.1. The Bertz CT molecular complexity index is 630. The van der Waals surface area contributed by atoms with Crippen LogP contribution in [0.2, 0.25) is 0 Å². The Morgan fingerprint density at radius 2 is 1.74 bits per heavy atom. The van der Waals surface area contributed by atoms with Crippen molar-refractivity contribution >= 4 is 6.09 Å². The Kier molecular flexibility index (Phi) is 5.95. The molecule has 3 fully saturated rings. The summed E-state index contributed by atoms with van der Waals surface area (Å²) < 4.78 is 11.1. The van der Waals surface area contributed by atoms with Gasteiger partial charge in [-0.25, -0.2) is 4.79 Å². The van der Waals surface area contributed by atoms with Gasteiger partial charge in [-0.15, -0.1) is 0 Å². The van der Waals surface area contributed by atoms with Crippen molar-refractivity contribution in [2.45, 2.75) is 38.5 Å². The molecule has 0 unspecified atom stereocenters. The van der Waals surface area contributed by atoms with E-state index in [2.05, 4.69) is 41.0 Å². The average molecular weight is 373 g/mol. The van der Waals surface area contributed by atoms with E-state index in [1.54, 1.807) is 0 Å². The van der Waals surface area contributed by atoms with Crippen molar-refractivity contribution in [3.8, 4) is 0 Å². The molecule has 3 aliphatic rings. The van der Waals surface area contributed by atoms with Crippen molar-refractivity contribution in [3.05, 3.63) is 35.4 Å². The number of carbonyl (C=O) groups is 1. The first kappa shape index (κ1) is 18.7. The lowest BCUT2D eigenvalue weighted by Gasteiger charge is -2.28. The maximum atomic E-state index is 12.3. The van der Waals surface area contributed by atoms with Crippen molar-refractivity contribution < 1.29 is 14.3 Å².